The quantitative estimate of drug-likeness (QED) is 0.491. The Morgan fingerprint density at radius 3 is 2.44 bits per heavy atom. The van der Waals surface area contributed by atoms with Crippen molar-refractivity contribution in [2.75, 3.05) is 20.2 Å². The molecular weight excluding hydrogens is 114 g/mol. The van der Waals surface area contributed by atoms with E-state index in [-0.39, 0.29) is 0 Å². The molecular formula is C7H13NO. The van der Waals surface area contributed by atoms with Crippen LogP contribution in [0.3, 0.4) is 0 Å². The fraction of sp³-hybridized carbons (Fsp3) is 0.714. The molecule has 1 aliphatic rings. The lowest BCUT2D eigenvalue weighted by atomic mass is 10.1. The Morgan fingerprint density at radius 1 is 1.44 bits per heavy atom. The third-order valence-electron chi connectivity index (χ3n) is 1.69. The fourth-order valence-corrected chi connectivity index (χ4v) is 0.985. The second-order valence-electron chi connectivity index (χ2n) is 2.36. The van der Waals surface area contributed by atoms with Gasteiger partial charge in [-0.25, -0.2) is 0 Å². The molecule has 52 valence electrons. The third-order valence-corrected chi connectivity index (χ3v) is 1.69. The van der Waals surface area contributed by atoms with Crippen LogP contribution in [0.15, 0.2) is 12.2 Å². The minimum atomic E-state index is 1.01. The van der Waals surface area contributed by atoms with E-state index in [1.165, 1.54) is 5.57 Å². The highest BCUT2D eigenvalue weighted by atomic mass is 16.7. The molecule has 0 saturated carbocycles. The van der Waals surface area contributed by atoms with E-state index in [4.69, 9.17) is 4.84 Å². The number of rotatable bonds is 1. The molecule has 1 aliphatic heterocycles. The van der Waals surface area contributed by atoms with Crippen LogP contribution in [0.2, 0.25) is 0 Å². The van der Waals surface area contributed by atoms with Gasteiger partial charge in [0.1, 0.15) is 0 Å². The second-order valence-corrected chi connectivity index (χ2v) is 2.36. The molecule has 0 aromatic heterocycles. The van der Waals surface area contributed by atoms with Gasteiger partial charge in [0.05, 0.1) is 7.11 Å². The molecule has 0 bridgehead atoms. The SMILES string of the molecule is C=C1CCN(OC)CC1. The average Bonchev–Trinajstić information content (AvgIpc) is 1.90. The Kier molecular flexibility index (Phi) is 2.25. The highest BCUT2D eigenvalue weighted by Crippen LogP contribution is 2.12. The van der Waals surface area contributed by atoms with Crippen LogP contribution in [0.5, 0.6) is 0 Å². The standard InChI is InChI=1S/C7H13NO/c1-7-3-5-8(9-2)6-4-7/h1,3-6H2,2H3. The summed E-state index contributed by atoms with van der Waals surface area (Å²) in [5, 5.41) is 1.97. The van der Waals surface area contributed by atoms with Crippen LogP contribution in [-0.4, -0.2) is 25.3 Å². The topological polar surface area (TPSA) is 12.5 Å². The van der Waals surface area contributed by atoms with Crippen molar-refractivity contribution < 1.29 is 4.84 Å². The van der Waals surface area contributed by atoms with Gasteiger partial charge in [-0.2, -0.15) is 5.06 Å². The number of hydrogen-bond acceptors (Lipinski definition) is 2. The Hall–Kier alpha value is -0.340. The van der Waals surface area contributed by atoms with E-state index in [0.717, 1.165) is 25.9 Å². The molecule has 0 amide bonds. The third kappa shape index (κ3) is 1.80. The summed E-state index contributed by atoms with van der Waals surface area (Å²) in [7, 11) is 1.72. The largest absolute Gasteiger partial charge is 0.302 e. The van der Waals surface area contributed by atoms with Crippen LogP contribution in [0.25, 0.3) is 0 Å². The average molecular weight is 127 g/mol. The van der Waals surface area contributed by atoms with Crippen molar-refractivity contribution in [1.29, 1.82) is 0 Å². The predicted octanol–water partition coefficient (Wildman–Crippen LogP) is 1.20. The first-order chi connectivity index (χ1) is 4.33. The van der Waals surface area contributed by atoms with E-state index in [2.05, 4.69) is 6.58 Å². The molecule has 0 spiro atoms. The Morgan fingerprint density at radius 2 is 2.00 bits per heavy atom. The van der Waals surface area contributed by atoms with Crippen LogP contribution in [0, 0.1) is 0 Å². The molecule has 0 atom stereocenters. The maximum absolute atomic E-state index is 5.03. The van der Waals surface area contributed by atoms with Gasteiger partial charge in [0.25, 0.3) is 0 Å². The van der Waals surface area contributed by atoms with Crippen LogP contribution < -0.4 is 0 Å². The summed E-state index contributed by atoms with van der Waals surface area (Å²) in [5.41, 5.74) is 1.35. The Balaban J connectivity index is 2.26. The van der Waals surface area contributed by atoms with Crippen LogP contribution >= 0.6 is 0 Å². The molecule has 0 radical (unpaired) electrons. The normalized spacial score (nSPS) is 22.6. The minimum Gasteiger partial charge on any atom is -0.302 e. The summed E-state index contributed by atoms with van der Waals surface area (Å²) in [6.07, 6.45) is 2.18. The zero-order valence-electron chi connectivity index (χ0n) is 5.89. The fourth-order valence-electron chi connectivity index (χ4n) is 0.985. The van der Waals surface area contributed by atoms with Gasteiger partial charge in [-0.15, -0.1) is 0 Å². The smallest absolute Gasteiger partial charge is 0.0575 e. The molecule has 0 aromatic carbocycles. The molecule has 1 saturated heterocycles. The summed E-state index contributed by atoms with van der Waals surface area (Å²) in [4.78, 5) is 5.03. The van der Waals surface area contributed by atoms with Gasteiger partial charge >= 0.3 is 0 Å². The summed E-state index contributed by atoms with van der Waals surface area (Å²) < 4.78 is 0. The van der Waals surface area contributed by atoms with Gasteiger partial charge in [-0.1, -0.05) is 12.2 Å². The van der Waals surface area contributed by atoms with Gasteiger partial charge in [-0.3, -0.25) is 0 Å². The summed E-state index contributed by atoms with van der Waals surface area (Å²) >= 11 is 0. The summed E-state index contributed by atoms with van der Waals surface area (Å²) in [6, 6.07) is 0. The van der Waals surface area contributed by atoms with E-state index in [9.17, 15) is 0 Å². The highest BCUT2D eigenvalue weighted by molar-refractivity contribution is 4.97. The van der Waals surface area contributed by atoms with E-state index >= 15 is 0 Å². The molecule has 0 unspecified atom stereocenters. The number of hydrogen-bond donors (Lipinski definition) is 0. The van der Waals surface area contributed by atoms with Gasteiger partial charge in [0.2, 0.25) is 0 Å². The molecule has 2 heteroatoms. The molecule has 9 heavy (non-hydrogen) atoms. The lowest BCUT2D eigenvalue weighted by Gasteiger charge is -2.24. The second kappa shape index (κ2) is 2.99. The molecule has 1 fully saturated rings. The minimum absolute atomic E-state index is 1.01. The first kappa shape index (κ1) is 6.78. The van der Waals surface area contributed by atoms with Crippen molar-refractivity contribution in [2.45, 2.75) is 12.8 Å². The van der Waals surface area contributed by atoms with E-state index in [1.54, 1.807) is 7.11 Å². The maximum atomic E-state index is 5.03. The molecule has 1 rings (SSSR count). The van der Waals surface area contributed by atoms with Gasteiger partial charge < -0.3 is 4.84 Å². The van der Waals surface area contributed by atoms with Crippen LogP contribution in [0.4, 0.5) is 0 Å². The molecule has 2 nitrogen and oxygen atoms in total. The Bertz CT molecular complexity index is 101. The van der Waals surface area contributed by atoms with Crippen LogP contribution in [0.1, 0.15) is 12.8 Å². The first-order valence-electron chi connectivity index (χ1n) is 3.28. The van der Waals surface area contributed by atoms with E-state index in [0.29, 0.717) is 0 Å². The van der Waals surface area contributed by atoms with Crippen LogP contribution in [-0.2, 0) is 4.84 Å². The van der Waals surface area contributed by atoms with Crippen molar-refractivity contribution >= 4 is 0 Å². The molecule has 1 heterocycles. The van der Waals surface area contributed by atoms with Gasteiger partial charge in [0, 0.05) is 13.1 Å². The number of hydroxylamine groups is 2. The van der Waals surface area contributed by atoms with Crippen molar-refractivity contribution in [2.24, 2.45) is 0 Å². The lowest BCUT2D eigenvalue weighted by molar-refractivity contribution is -0.135. The Labute approximate surface area is 56.1 Å². The monoisotopic (exact) mass is 127 g/mol. The molecule has 0 aromatic rings. The highest BCUT2D eigenvalue weighted by Gasteiger charge is 2.10. The van der Waals surface area contributed by atoms with Crippen molar-refractivity contribution in [3.8, 4) is 0 Å². The van der Waals surface area contributed by atoms with Gasteiger partial charge in [-0.05, 0) is 12.8 Å². The lowest BCUT2D eigenvalue weighted by Crippen LogP contribution is -2.29. The van der Waals surface area contributed by atoms with E-state index < -0.39 is 0 Å². The summed E-state index contributed by atoms with van der Waals surface area (Å²) in [6.45, 7) is 5.92. The van der Waals surface area contributed by atoms with Crippen molar-refractivity contribution in [3.05, 3.63) is 12.2 Å². The number of piperidine rings is 1. The maximum Gasteiger partial charge on any atom is 0.0575 e. The zero-order chi connectivity index (χ0) is 6.69. The first-order valence-corrected chi connectivity index (χ1v) is 3.28. The number of nitrogens with zero attached hydrogens (tertiary/aromatic N) is 1. The van der Waals surface area contributed by atoms with Crippen molar-refractivity contribution in [3.63, 3.8) is 0 Å². The van der Waals surface area contributed by atoms with Gasteiger partial charge in [0.15, 0.2) is 0 Å². The summed E-state index contributed by atoms with van der Waals surface area (Å²) in [5.74, 6) is 0. The zero-order valence-corrected chi connectivity index (χ0v) is 5.89. The molecule has 0 aliphatic carbocycles. The van der Waals surface area contributed by atoms with E-state index in [1.807, 2.05) is 5.06 Å². The molecule has 0 N–H and O–H groups in total. The predicted molar refractivity (Wildman–Crippen MR) is 37.0 cm³/mol. The van der Waals surface area contributed by atoms with Crippen molar-refractivity contribution in [1.82, 2.24) is 5.06 Å².